The maximum atomic E-state index is 12.9. The van der Waals surface area contributed by atoms with Crippen LogP contribution in [0.25, 0.3) is 0 Å². The van der Waals surface area contributed by atoms with Crippen LogP contribution in [0.3, 0.4) is 0 Å². The van der Waals surface area contributed by atoms with Gasteiger partial charge in [-0.1, -0.05) is 11.6 Å². The summed E-state index contributed by atoms with van der Waals surface area (Å²) in [5.41, 5.74) is 0.123. The Bertz CT molecular complexity index is 454. The molecule has 0 aliphatic rings. The highest BCUT2D eigenvalue weighted by Crippen LogP contribution is 2.22. The van der Waals surface area contributed by atoms with Gasteiger partial charge < -0.3 is 15.4 Å². The van der Waals surface area contributed by atoms with Crippen molar-refractivity contribution in [2.24, 2.45) is 0 Å². The van der Waals surface area contributed by atoms with Crippen LogP contribution in [0.15, 0.2) is 18.2 Å². The number of urea groups is 1. The van der Waals surface area contributed by atoms with E-state index < -0.39 is 17.8 Å². The number of hydrogen-bond acceptors (Lipinski definition) is 3. The first kappa shape index (κ1) is 14.2. The fraction of sp³-hybridized carbons (Fsp3) is 0.273. The van der Waals surface area contributed by atoms with Crippen LogP contribution in [0, 0.1) is 5.82 Å². The molecular formula is C11H12ClFN2O3. The van der Waals surface area contributed by atoms with Crippen molar-refractivity contribution >= 4 is 29.3 Å². The van der Waals surface area contributed by atoms with Crippen LogP contribution in [0.5, 0.6) is 0 Å². The van der Waals surface area contributed by atoms with E-state index in [1.165, 1.54) is 12.1 Å². The average Bonchev–Trinajstić information content (AvgIpc) is 2.32. The summed E-state index contributed by atoms with van der Waals surface area (Å²) in [4.78, 5) is 22.3. The van der Waals surface area contributed by atoms with Crippen LogP contribution in [-0.4, -0.2) is 25.2 Å². The Morgan fingerprint density at radius 2 is 2.17 bits per heavy atom. The Morgan fingerprint density at radius 1 is 1.44 bits per heavy atom. The molecule has 0 radical (unpaired) electrons. The minimum Gasteiger partial charge on any atom is -0.465 e. The quantitative estimate of drug-likeness (QED) is 0.827. The molecule has 18 heavy (non-hydrogen) atoms. The molecule has 98 valence electrons. The molecule has 0 aromatic heterocycles. The fourth-order valence-corrected chi connectivity index (χ4v) is 1.29. The minimum absolute atomic E-state index is 0.123. The molecule has 0 unspecified atom stereocenters. The van der Waals surface area contributed by atoms with Gasteiger partial charge in [-0.25, -0.2) is 9.18 Å². The zero-order valence-corrected chi connectivity index (χ0v) is 10.4. The molecule has 0 aliphatic heterocycles. The summed E-state index contributed by atoms with van der Waals surface area (Å²) < 4.78 is 17.5. The zero-order valence-electron chi connectivity index (χ0n) is 9.63. The summed E-state index contributed by atoms with van der Waals surface area (Å²) in [7, 11) is 0. The summed E-state index contributed by atoms with van der Waals surface area (Å²) in [6.07, 6.45) is 0. The van der Waals surface area contributed by atoms with E-state index in [9.17, 15) is 14.0 Å². The predicted octanol–water partition coefficient (Wildman–Crippen LogP) is 2.16. The van der Waals surface area contributed by atoms with Crippen molar-refractivity contribution in [2.75, 3.05) is 18.5 Å². The van der Waals surface area contributed by atoms with Gasteiger partial charge >= 0.3 is 12.0 Å². The lowest BCUT2D eigenvalue weighted by molar-refractivity contribution is -0.141. The lowest BCUT2D eigenvalue weighted by Crippen LogP contribution is -2.34. The van der Waals surface area contributed by atoms with Crippen molar-refractivity contribution < 1.29 is 18.7 Å². The lowest BCUT2D eigenvalue weighted by atomic mass is 10.3. The highest BCUT2D eigenvalue weighted by molar-refractivity contribution is 6.33. The lowest BCUT2D eigenvalue weighted by Gasteiger charge is -2.08. The molecule has 0 fully saturated rings. The Labute approximate surface area is 108 Å². The molecule has 0 saturated heterocycles. The number of amides is 2. The molecule has 1 aromatic rings. The number of anilines is 1. The van der Waals surface area contributed by atoms with E-state index in [0.717, 1.165) is 6.07 Å². The normalized spacial score (nSPS) is 9.72. The van der Waals surface area contributed by atoms with E-state index in [1.807, 2.05) is 0 Å². The SMILES string of the molecule is CCOC(=O)CNC(=O)Nc1cc(F)ccc1Cl. The molecule has 0 spiro atoms. The summed E-state index contributed by atoms with van der Waals surface area (Å²) in [5.74, 6) is -1.09. The van der Waals surface area contributed by atoms with Gasteiger partial charge in [0.05, 0.1) is 17.3 Å². The molecule has 0 heterocycles. The molecule has 0 aliphatic carbocycles. The van der Waals surface area contributed by atoms with Crippen molar-refractivity contribution in [3.8, 4) is 0 Å². The smallest absolute Gasteiger partial charge is 0.325 e. The van der Waals surface area contributed by atoms with E-state index in [2.05, 4.69) is 15.4 Å². The van der Waals surface area contributed by atoms with Crippen molar-refractivity contribution in [1.29, 1.82) is 0 Å². The molecule has 7 heteroatoms. The van der Waals surface area contributed by atoms with E-state index >= 15 is 0 Å². The van der Waals surface area contributed by atoms with Crippen LogP contribution < -0.4 is 10.6 Å². The van der Waals surface area contributed by atoms with Gasteiger partial charge in [0.2, 0.25) is 0 Å². The molecule has 2 amide bonds. The van der Waals surface area contributed by atoms with E-state index in [0.29, 0.717) is 0 Å². The van der Waals surface area contributed by atoms with Gasteiger partial charge in [-0.15, -0.1) is 0 Å². The summed E-state index contributed by atoms with van der Waals surface area (Å²) in [5, 5.41) is 4.77. The van der Waals surface area contributed by atoms with Crippen LogP contribution in [0.4, 0.5) is 14.9 Å². The molecule has 0 saturated carbocycles. The molecule has 2 N–H and O–H groups in total. The van der Waals surface area contributed by atoms with Crippen LogP contribution >= 0.6 is 11.6 Å². The minimum atomic E-state index is -0.671. The predicted molar refractivity (Wildman–Crippen MR) is 65.1 cm³/mol. The van der Waals surface area contributed by atoms with Gasteiger partial charge in [0.1, 0.15) is 12.4 Å². The first-order valence-corrected chi connectivity index (χ1v) is 5.56. The molecule has 1 rings (SSSR count). The number of carbonyl (C=O) groups excluding carboxylic acids is 2. The summed E-state index contributed by atoms with van der Waals surface area (Å²) in [6, 6.07) is 2.89. The van der Waals surface area contributed by atoms with Crippen LogP contribution in [-0.2, 0) is 9.53 Å². The molecular weight excluding hydrogens is 263 g/mol. The molecule has 0 atom stereocenters. The van der Waals surface area contributed by atoms with Crippen molar-refractivity contribution in [3.63, 3.8) is 0 Å². The van der Waals surface area contributed by atoms with Gasteiger partial charge in [0.15, 0.2) is 0 Å². The van der Waals surface area contributed by atoms with Gasteiger partial charge in [-0.2, -0.15) is 0 Å². The number of benzene rings is 1. The highest BCUT2D eigenvalue weighted by Gasteiger charge is 2.08. The second-order valence-corrected chi connectivity index (χ2v) is 3.64. The van der Waals surface area contributed by atoms with Crippen LogP contribution in [0.2, 0.25) is 5.02 Å². The van der Waals surface area contributed by atoms with Crippen molar-refractivity contribution in [1.82, 2.24) is 5.32 Å². The second kappa shape index (κ2) is 6.80. The van der Waals surface area contributed by atoms with E-state index in [4.69, 9.17) is 11.6 Å². The number of hydrogen-bond donors (Lipinski definition) is 2. The number of esters is 1. The maximum absolute atomic E-state index is 12.9. The Hall–Kier alpha value is -1.82. The second-order valence-electron chi connectivity index (χ2n) is 3.24. The number of nitrogens with one attached hydrogen (secondary N) is 2. The number of halogens is 2. The Kier molecular flexibility index (Phi) is 5.38. The van der Waals surface area contributed by atoms with Gasteiger partial charge in [0.25, 0.3) is 0 Å². The van der Waals surface area contributed by atoms with Crippen LogP contribution in [0.1, 0.15) is 6.92 Å². The standard InChI is InChI=1S/C11H12ClFN2O3/c1-2-18-10(16)6-14-11(17)15-9-5-7(13)3-4-8(9)12/h3-5H,2,6H2,1H3,(H2,14,15,17). The first-order chi connectivity index (χ1) is 8.52. The molecule has 5 nitrogen and oxygen atoms in total. The third kappa shape index (κ3) is 4.58. The number of carbonyl (C=O) groups is 2. The van der Waals surface area contributed by atoms with Gasteiger partial charge in [0, 0.05) is 0 Å². The number of ether oxygens (including phenoxy) is 1. The van der Waals surface area contributed by atoms with Crippen molar-refractivity contribution in [3.05, 3.63) is 29.0 Å². The average molecular weight is 275 g/mol. The summed E-state index contributed by atoms with van der Waals surface area (Å²) in [6.45, 7) is 1.62. The molecule has 0 bridgehead atoms. The Balaban J connectivity index is 2.49. The van der Waals surface area contributed by atoms with Gasteiger partial charge in [-0.05, 0) is 25.1 Å². The fourth-order valence-electron chi connectivity index (χ4n) is 1.12. The third-order valence-electron chi connectivity index (χ3n) is 1.88. The first-order valence-electron chi connectivity index (χ1n) is 5.18. The Morgan fingerprint density at radius 3 is 2.83 bits per heavy atom. The van der Waals surface area contributed by atoms with E-state index in [1.54, 1.807) is 6.92 Å². The van der Waals surface area contributed by atoms with Gasteiger partial charge in [-0.3, -0.25) is 4.79 Å². The maximum Gasteiger partial charge on any atom is 0.325 e. The van der Waals surface area contributed by atoms with Crippen molar-refractivity contribution in [2.45, 2.75) is 6.92 Å². The number of rotatable bonds is 4. The van der Waals surface area contributed by atoms with E-state index in [-0.39, 0.29) is 23.9 Å². The highest BCUT2D eigenvalue weighted by atomic mass is 35.5. The monoisotopic (exact) mass is 274 g/mol. The molecule has 1 aromatic carbocycles. The topological polar surface area (TPSA) is 67.4 Å². The summed E-state index contributed by atoms with van der Waals surface area (Å²) >= 11 is 5.75. The third-order valence-corrected chi connectivity index (χ3v) is 2.20. The largest absolute Gasteiger partial charge is 0.465 e. The zero-order chi connectivity index (χ0) is 13.5.